The van der Waals surface area contributed by atoms with Gasteiger partial charge in [-0.25, -0.2) is 0 Å². The summed E-state index contributed by atoms with van der Waals surface area (Å²) in [5, 5.41) is 20.5. The number of aliphatic hydroxyl groups is 2. The zero-order valence-electron chi connectivity index (χ0n) is 12.3. The fraction of sp³-hybridized carbons (Fsp3) is 0.750. The van der Waals surface area contributed by atoms with Crippen LogP contribution in [0.2, 0.25) is 0 Å². The smallest absolute Gasteiger partial charge is 0.166 e. The summed E-state index contributed by atoms with van der Waals surface area (Å²) >= 11 is 0. The van der Waals surface area contributed by atoms with Crippen LogP contribution in [0.5, 0.6) is 0 Å². The van der Waals surface area contributed by atoms with Crippen molar-refractivity contribution in [2.75, 3.05) is 13.2 Å². The third-order valence-electron chi connectivity index (χ3n) is 5.18. The molecule has 4 nitrogen and oxygen atoms in total. The number of aliphatic hydroxyl groups excluding tert-OH is 2. The Morgan fingerprint density at radius 1 is 1.30 bits per heavy atom. The quantitative estimate of drug-likeness (QED) is 0.834. The maximum Gasteiger partial charge on any atom is 0.166 e. The van der Waals surface area contributed by atoms with Gasteiger partial charge in [0.15, 0.2) is 5.79 Å². The molecule has 2 aliphatic carbocycles. The lowest BCUT2D eigenvalue weighted by atomic mass is 9.69. The summed E-state index contributed by atoms with van der Waals surface area (Å²) in [5.41, 5.74) is 1.94. The molecule has 2 atom stereocenters. The first-order valence-corrected chi connectivity index (χ1v) is 7.53. The standard InChI is InChI=1S/C16H24O4/c1-15-7-6-13(17)11(12(15)3-4-14(15)18)5-8-16(2)19-9-10-20-16/h3,14,17-18H,4-10H2,1-2H3/t14-,15?/m0/s1. The van der Waals surface area contributed by atoms with Crippen LogP contribution in [-0.2, 0) is 9.47 Å². The third kappa shape index (κ3) is 2.20. The molecule has 0 radical (unpaired) electrons. The topological polar surface area (TPSA) is 58.9 Å². The van der Waals surface area contributed by atoms with E-state index in [0.717, 1.165) is 30.4 Å². The highest BCUT2D eigenvalue weighted by atomic mass is 16.7. The van der Waals surface area contributed by atoms with Gasteiger partial charge in [0.25, 0.3) is 0 Å². The number of hydrogen-bond donors (Lipinski definition) is 2. The second-order valence-electron chi connectivity index (χ2n) is 6.54. The summed E-state index contributed by atoms with van der Waals surface area (Å²) in [4.78, 5) is 0. The lowest BCUT2D eigenvalue weighted by molar-refractivity contribution is -0.146. The van der Waals surface area contributed by atoms with E-state index in [1.807, 2.05) is 6.92 Å². The number of ether oxygens (including phenoxy) is 2. The minimum Gasteiger partial charge on any atom is -0.512 e. The molecule has 0 spiro atoms. The van der Waals surface area contributed by atoms with Gasteiger partial charge in [0.2, 0.25) is 0 Å². The Kier molecular flexibility index (Phi) is 3.43. The van der Waals surface area contributed by atoms with Gasteiger partial charge < -0.3 is 19.7 Å². The van der Waals surface area contributed by atoms with Crippen LogP contribution >= 0.6 is 0 Å². The molecule has 1 aliphatic heterocycles. The van der Waals surface area contributed by atoms with Crippen molar-refractivity contribution in [1.29, 1.82) is 0 Å². The highest BCUT2D eigenvalue weighted by Gasteiger charge is 2.45. The highest BCUT2D eigenvalue weighted by molar-refractivity contribution is 5.44. The first-order valence-electron chi connectivity index (χ1n) is 7.53. The van der Waals surface area contributed by atoms with Crippen LogP contribution in [0.15, 0.2) is 23.0 Å². The molecule has 0 aromatic rings. The minimum absolute atomic E-state index is 0.195. The van der Waals surface area contributed by atoms with Crippen molar-refractivity contribution in [1.82, 2.24) is 0 Å². The van der Waals surface area contributed by atoms with Crippen molar-refractivity contribution in [3.63, 3.8) is 0 Å². The summed E-state index contributed by atoms with van der Waals surface area (Å²) in [6, 6.07) is 0. The lowest BCUT2D eigenvalue weighted by Gasteiger charge is -2.37. The van der Waals surface area contributed by atoms with Gasteiger partial charge >= 0.3 is 0 Å². The molecule has 0 amide bonds. The number of fused-ring (bicyclic) bond motifs is 1. The van der Waals surface area contributed by atoms with Gasteiger partial charge in [0.05, 0.1) is 25.1 Å². The van der Waals surface area contributed by atoms with E-state index in [9.17, 15) is 10.2 Å². The molecule has 2 N–H and O–H groups in total. The molecule has 20 heavy (non-hydrogen) atoms. The lowest BCUT2D eigenvalue weighted by Crippen LogP contribution is -2.34. The molecule has 0 aromatic carbocycles. The molecule has 3 rings (SSSR count). The molecule has 1 fully saturated rings. The highest BCUT2D eigenvalue weighted by Crippen LogP contribution is 2.51. The summed E-state index contributed by atoms with van der Waals surface area (Å²) < 4.78 is 11.3. The second kappa shape index (κ2) is 4.86. The predicted octanol–water partition coefficient (Wildman–Crippen LogP) is 2.83. The molecule has 1 unspecified atom stereocenters. The van der Waals surface area contributed by atoms with Crippen molar-refractivity contribution in [2.45, 2.75) is 57.8 Å². The summed E-state index contributed by atoms with van der Waals surface area (Å²) in [6.45, 7) is 5.34. The van der Waals surface area contributed by atoms with Gasteiger partial charge in [0, 0.05) is 18.3 Å². The normalized spacial score (nSPS) is 36.1. The minimum atomic E-state index is -0.529. The van der Waals surface area contributed by atoms with Gasteiger partial charge in [-0.15, -0.1) is 0 Å². The van der Waals surface area contributed by atoms with E-state index < -0.39 is 5.79 Å². The monoisotopic (exact) mass is 280 g/mol. The maximum atomic E-state index is 10.3. The zero-order chi connectivity index (χ0) is 14.4. The van der Waals surface area contributed by atoms with Crippen LogP contribution < -0.4 is 0 Å². The van der Waals surface area contributed by atoms with E-state index >= 15 is 0 Å². The van der Waals surface area contributed by atoms with Crippen molar-refractivity contribution >= 4 is 0 Å². The molecule has 4 heteroatoms. The Balaban J connectivity index is 1.77. The fourth-order valence-electron chi connectivity index (χ4n) is 3.69. The maximum absolute atomic E-state index is 10.3. The van der Waals surface area contributed by atoms with Gasteiger partial charge in [-0.05, 0) is 37.3 Å². The van der Waals surface area contributed by atoms with Crippen LogP contribution in [0.4, 0.5) is 0 Å². The molecular formula is C16H24O4. The SMILES string of the molecule is CC1(CCC2=C(O)CCC3(C)C2=CC[C@@H]3O)OCCO1. The first kappa shape index (κ1) is 14.1. The Morgan fingerprint density at radius 2 is 2.00 bits per heavy atom. The average molecular weight is 280 g/mol. The van der Waals surface area contributed by atoms with Crippen molar-refractivity contribution in [3.05, 3.63) is 23.0 Å². The van der Waals surface area contributed by atoms with Crippen LogP contribution in [-0.4, -0.2) is 35.3 Å². The van der Waals surface area contributed by atoms with E-state index in [1.54, 1.807) is 0 Å². The van der Waals surface area contributed by atoms with Gasteiger partial charge in [-0.1, -0.05) is 13.0 Å². The van der Waals surface area contributed by atoms with Gasteiger partial charge in [-0.2, -0.15) is 0 Å². The van der Waals surface area contributed by atoms with Crippen LogP contribution in [0.3, 0.4) is 0 Å². The summed E-state index contributed by atoms with van der Waals surface area (Å²) in [7, 11) is 0. The van der Waals surface area contributed by atoms with Crippen LogP contribution in [0, 0.1) is 5.41 Å². The molecule has 1 heterocycles. The molecule has 0 saturated carbocycles. The van der Waals surface area contributed by atoms with E-state index in [1.165, 1.54) is 0 Å². The number of allylic oxidation sites excluding steroid dienone is 2. The summed E-state index contributed by atoms with van der Waals surface area (Å²) in [5.74, 6) is -0.0525. The molecule has 0 aromatic heterocycles. The third-order valence-corrected chi connectivity index (χ3v) is 5.18. The van der Waals surface area contributed by atoms with Crippen molar-refractivity contribution in [2.24, 2.45) is 5.41 Å². The van der Waals surface area contributed by atoms with Crippen LogP contribution in [0.1, 0.15) is 46.0 Å². The Hall–Kier alpha value is -0.840. The van der Waals surface area contributed by atoms with Crippen molar-refractivity contribution < 1.29 is 19.7 Å². The average Bonchev–Trinajstić information content (AvgIpc) is 2.96. The predicted molar refractivity (Wildman–Crippen MR) is 75.2 cm³/mol. The molecule has 3 aliphatic rings. The molecule has 0 bridgehead atoms. The Morgan fingerprint density at radius 3 is 2.70 bits per heavy atom. The Labute approximate surface area is 120 Å². The second-order valence-corrected chi connectivity index (χ2v) is 6.54. The molecule has 112 valence electrons. The van der Waals surface area contributed by atoms with E-state index in [4.69, 9.17) is 9.47 Å². The summed E-state index contributed by atoms with van der Waals surface area (Å²) in [6.07, 6.45) is 5.39. The van der Waals surface area contributed by atoms with Gasteiger partial charge in [0.1, 0.15) is 0 Å². The first-order chi connectivity index (χ1) is 9.45. The van der Waals surface area contributed by atoms with Gasteiger partial charge in [-0.3, -0.25) is 0 Å². The number of hydrogen-bond acceptors (Lipinski definition) is 4. The number of rotatable bonds is 3. The fourth-order valence-corrected chi connectivity index (χ4v) is 3.69. The van der Waals surface area contributed by atoms with E-state index in [2.05, 4.69) is 13.0 Å². The molecular weight excluding hydrogens is 256 g/mol. The Bertz CT molecular complexity index is 459. The van der Waals surface area contributed by atoms with Crippen LogP contribution in [0.25, 0.3) is 0 Å². The zero-order valence-corrected chi connectivity index (χ0v) is 12.3. The van der Waals surface area contributed by atoms with E-state index in [-0.39, 0.29) is 11.5 Å². The van der Waals surface area contributed by atoms with Crippen molar-refractivity contribution in [3.8, 4) is 0 Å². The largest absolute Gasteiger partial charge is 0.512 e. The van der Waals surface area contributed by atoms with E-state index in [0.29, 0.717) is 31.8 Å². The molecule has 1 saturated heterocycles.